The summed E-state index contributed by atoms with van der Waals surface area (Å²) in [5.41, 5.74) is -1.15. The molecule has 14 heteroatoms. The highest BCUT2D eigenvalue weighted by molar-refractivity contribution is 7.87. The van der Waals surface area contributed by atoms with Crippen LogP contribution in [0.1, 0.15) is 31.5 Å². The quantitative estimate of drug-likeness (QED) is 0.304. The Kier molecular flexibility index (Phi) is 7.49. The molecule has 0 fully saturated rings. The maximum atomic E-state index is 13.5. The van der Waals surface area contributed by atoms with Crippen LogP contribution in [0.15, 0.2) is 27.8 Å². The molecule has 9 nitrogen and oxygen atoms in total. The van der Waals surface area contributed by atoms with Gasteiger partial charge in [0.1, 0.15) is 5.82 Å². The number of hydrogen-bond donors (Lipinski definition) is 3. The van der Waals surface area contributed by atoms with Crippen LogP contribution in [-0.2, 0) is 16.4 Å². The second-order valence-corrected chi connectivity index (χ2v) is 7.67. The van der Waals surface area contributed by atoms with Crippen molar-refractivity contribution < 1.29 is 30.6 Å². The van der Waals surface area contributed by atoms with Crippen LogP contribution < -0.4 is 15.2 Å². The van der Waals surface area contributed by atoms with Crippen LogP contribution in [0.25, 0.3) is 0 Å². The van der Waals surface area contributed by atoms with Crippen molar-refractivity contribution in [2.45, 2.75) is 26.4 Å². The predicted molar refractivity (Wildman–Crippen MR) is 101 cm³/mol. The molecule has 0 aliphatic carbocycles. The normalized spacial score (nSPS) is 14.0. The predicted octanol–water partition coefficient (Wildman–Crippen LogP) is 2.60. The Morgan fingerprint density at radius 1 is 1.30 bits per heavy atom. The molecule has 1 atom stereocenters. The van der Waals surface area contributed by atoms with Gasteiger partial charge in [-0.15, -0.1) is 0 Å². The van der Waals surface area contributed by atoms with E-state index in [2.05, 4.69) is 25.3 Å². The molecule has 30 heavy (non-hydrogen) atoms. The third-order valence-corrected chi connectivity index (χ3v) is 4.64. The molecule has 1 aromatic heterocycles. The van der Waals surface area contributed by atoms with Crippen molar-refractivity contribution >= 4 is 27.4 Å². The van der Waals surface area contributed by atoms with Gasteiger partial charge >= 0.3 is 6.18 Å². The molecular formula is C16H20F4N6O3S. The monoisotopic (exact) mass is 452 g/mol. The lowest BCUT2D eigenvalue weighted by molar-refractivity contribution is -0.139. The maximum Gasteiger partial charge on any atom is 0.419 e. The van der Waals surface area contributed by atoms with Crippen LogP contribution in [-0.4, -0.2) is 37.5 Å². The van der Waals surface area contributed by atoms with Crippen molar-refractivity contribution in [2.75, 3.05) is 18.4 Å². The van der Waals surface area contributed by atoms with Gasteiger partial charge in [-0.3, -0.25) is 4.99 Å². The second kappa shape index (κ2) is 9.49. The zero-order valence-corrected chi connectivity index (χ0v) is 16.8. The smallest absolute Gasteiger partial charge is 0.364 e. The molecule has 0 radical (unpaired) electrons. The van der Waals surface area contributed by atoms with Gasteiger partial charge in [0, 0.05) is 19.0 Å². The van der Waals surface area contributed by atoms with Gasteiger partial charge in [-0.05, 0) is 34.9 Å². The molecule has 0 bridgehead atoms. The number of hydrogen-bond acceptors (Lipinski definition) is 7. The van der Waals surface area contributed by atoms with E-state index in [1.54, 1.807) is 6.92 Å². The fourth-order valence-electron chi connectivity index (χ4n) is 2.38. The van der Waals surface area contributed by atoms with E-state index >= 15 is 0 Å². The molecule has 0 aliphatic rings. The number of nitrogens with zero attached hydrogens (tertiary/aromatic N) is 3. The number of rotatable bonds is 9. The third kappa shape index (κ3) is 6.47. The van der Waals surface area contributed by atoms with Crippen molar-refractivity contribution in [3.05, 3.63) is 35.3 Å². The molecule has 1 aromatic carbocycles. The van der Waals surface area contributed by atoms with Crippen molar-refractivity contribution in [1.29, 1.82) is 0 Å². The third-order valence-electron chi connectivity index (χ3n) is 4.04. The van der Waals surface area contributed by atoms with Gasteiger partial charge in [0.25, 0.3) is 10.2 Å². The lowest BCUT2D eigenvalue weighted by Crippen LogP contribution is -2.34. The Bertz CT molecular complexity index is 1010. The summed E-state index contributed by atoms with van der Waals surface area (Å²) < 4.78 is 81.1. The summed E-state index contributed by atoms with van der Waals surface area (Å²) in [5, 5.41) is 15.0. The molecule has 0 saturated heterocycles. The zero-order valence-electron chi connectivity index (χ0n) is 16.0. The fourth-order valence-corrected chi connectivity index (χ4v) is 2.76. The Balaban J connectivity index is 2.35. The molecule has 2 rings (SSSR count). The first-order valence-corrected chi connectivity index (χ1v) is 10.3. The summed E-state index contributed by atoms with van der Waals surface area (Å²) in [6, 6.07) is 2.41. The van der Waals surface area contributed by atoms with Gasteiger partial charge in [0.2, 0.25) is 0 Å². The van der Waals surface area contributed by atoms with Gasteiger partial charge in [0.05, 0.1) is 17.0 Å². The van der Waals surface area contributed by atoms with E-state index in [9.17, 15) is 26.0 Å². The number of anilines is 1. The Morgan fingerprint density at radius 2 is 2.00 bits per heavy atom. The highest BCUT2D eigenvalue weighted by atomic mass is 32.2. The zero-order chi connectivity index (χ0) is 22.5. The molecule has 2 aromatic rings. The van der Waals surface area contributed by atoms with Gasteiger partial charge in [-0.1, -0.05) is 13.8 Å². The molecule has 166 valence electrons. The van der Waals surface area contributed by atoms with Crippen LogP contribution in [0.4, 0.5) is 29.1 Å². The molecular weight excluding hydrogens is 432 g/mol. The summed E-state index contributed by atoms with van der Waals surface area (Å²) in [7, 11) is -3.87. The van der Waals surface area contributed by atoms with Crippen molar-refractivity contribution in [3.8, 4) is 0 Å². The lowest BCUT2D eigenvalue weighted by Gasteiger charge is -2.13. The van der Waals surface area contributed by atoms with E-state index < -0.39 is 27.8 Å². The number of nitrogens with one attached hydrogen (secondary N) is 2. The summed E-state index contributed by atoms with van der Waals surface area (Å²) in [4.78, 5) is 4.23. The minimum absolute atomic E-state index is 0.0617. The van der Waals surface area contributed by atoms with Gasteiger partial charge in [-0.25, -0.2) is 18.9 Å². The molecule has 1 unspecified atom stereocenters. The number of aliphatic imine (C=N–C) groups is 1. The highest BCUT2D eigenvalue weighted by Gasteiger charge is 2.34. The SMILES string of the molecule is CCC(C)C(=Nc1ccc(F)c(C(F)(F)F)c1)c1nonc1NCCNS(N)(=O)=O. The molecule has 0 spiro atoms. The van der Waals surface area contributed by atoms with E-state index in [0.29, 0.717) is 18.6 Å². The average molecular weight is 452 g/mol. The number of halogens is 4. The summed E-state index contributed by atoms with van der Waals surface area (Å²) in [6.07, 6.45) is -4.31. The van der Waals surface area contributed by atoms with E-state index in [1.165, 1.54) is 0 Å². The number of aromatic nitrogens is 2. The molecule has 4 N–H and O–H groups in total. The van der Waals surface area contributed by atoms with Crippen molar-refractivity contribution in [1.82, 2.24) is 15.0 Å². The van der Waals surface area contributed by atoms with Gasteiger partial charge in [0.15, 0.2) is 11.5 Å². The number of nitrogens with two attached hydrogens (primary N) is 1. The van der Waals surface area contributed by atoms with Crippen molar-refractivity contribution in [2.24, 2.45) is 16.0 Å². The van der Waals surface area contributed by atoms with E-state index in [1.807, 2.05) is 6.92 Å². The number of benzene rings is 1. The topological polar surface area (TPSA) is 136 Å². The summed E-state index contributed by atoms with van der Waals surface area (Å²) in [6.45, 7) is 3.62. The summed E-state index contributed by atoms with van der Waals surface area (Å²) >= 11 is 0. The first kappa shape index (κ1) is 23.7. The van der Waals surface area contributed by atoms with Gasteiger partial charge < -0.3 is 5.32 Å². The second-order valence-electron chi connectivity index (χ2n) is 6.30. The minimum Gasteiger partial charge on any atom is -0.364 e. The molecule has 0 saturated carbocycles. The standard InChI is InChI=1S/C16H20F4N6O3S/c1-3-9(2)13(24-10-4-5-12(17)11(8-10)16(18,19)20)14-15(26-29-25-14)22-6-7-23-30(21,27)28/h4-5,8-9,23H,3,6-7H2,1-2H3,(H,22,26)(H2,21,27,28). The molecule has 0 amide bonds. The fraction of sp³-hybridized carbons (Fsp3) is 0.438. The summed E-state index contributed by atoms with van der Waals surface area (Å²) in [5.74, 6) is -1.55. The average Bonchev–Trinajstić information content (AvgIpc) is 3.10. The van der Waals surface area contributed by atoms with Crippen LogP contribution >= 0.6 is 0 Å². The number of alkyl halides is 3. The van der Waals surface area contributed by atoms with Crippen LogP contribution in [0.5, 0.6) is 0 Å². The molecule has 1 heterocycles. The maximum absolute atomic E-state index is 13.5. The van der Waals surface area contributed by atoms with Crippen LogP contribution in [0.3, 0.4) is 0 Å². The Hall–Kier alpha value is -2.58. The minimum atomic E-state index is -4.87. The lowest BCUT2D eigenvalue weighted by atomic mass is 9.99. The van der Waals surface area contributed by atoms with Crippen LogP contribution in [0, 0.1) is 11.7 Å². The Morgan fingerprint density at radius 3 is 2.60 bits per heavy atom. The first-order chi connectivity index (χ1) is 13.9. The Labute approximate surface area is 169 Å². The van der Waals surface area contributed by atoms with E-state index in [-0.39, 0.29) is 41.9 Å². The van der Waals surface area contributed by atoms with Crippen LogP contribution in [0.2, 0.25) is 0 Å². The van der Waals surface area contributed by atoms with Gasteiger partial charge in [-0.2, -0.15) is 21.6 Å². The first-order valence-electron chi connectivity index (χ1n) is 8.72. The van der Waals surface area contributed by atoms with E-state index in [0.717, 1.165) is 6.07 Å². The largest absolute Gasteiger partial charge is 0.419 e. The highest BCUT2D eigenvalue weighted by Crippen LogP contribution is 2.34. The van der Waals surface area contributed by atoms with E-state index in [4.69, 9.17) is 9.77 Å². The van der Waals surface area contributed by atoms with Crippen molar-refractivity contribution in [3.63, 3.8) is 0 Å². The molecule has 0 aliphatic heterocycles.